The van der Waals surface area contributed by atoms with Crippen molar-refractivity contribution in [1.82, 2.24) is 10.1 Å². The summed E-state index contributed by atoms with van der Waals surface area (Å²) < 4.78 is 10.4. The lowest BCUT2D eigenvalue weighted by Crippen LogP contribution is -2.09. The molecule has 0 bridgehead atoms. The number of rotatable bonds is 4. The van der Waals surface area contributed by atoms with Crippen molar-refractivity contribution in [3.8, 4) is 0 Å². The smallest absolute Gasteiger partial charge is 0.237 e. The van der Waals surface area contributed by atoms with Crippen molar-refractivity contribution in [2.45, 2.75) is 24.9 Å². The first kappa shape index (κ1) is 11.2. The first-order valence-corrected chi connectivity index (χ1v) is 5.93. The summed E-state index contributed by atoms with van der Waals surface area (Å²) in [4.78, 5) is 4.40. The van der Waals surface area contributed by atoms with E-state index in [4.69, 9.17) is 15.0 Å². The molecule has 0 atom stereocenters. The summed E-state index contributed by atoms with van der Waals surface area (Å²) in [7, 11) is 1.61. The zero-order valence-corrected chi connectivity index (χ0v) is 10.2. The Balaban J connectivity index is 1.91. The lowest BCUT2D eigenvalue weighted by atomic mass is 9.96. The monoisotopic (exact) mass is 245 g/mol. The van der Waals surface area contributed by atoms with Crippen LogP contribution in [0, 0.1) is 0 Å². The number of aromatic nitrogens is 2. The van der Waals surface area contributed by atoms with Gasteiger partial charge in [-0.25, -0.2) is 0 Å². The Morgan fingerprint density at radius 3 is 2.67 bits per heavy atom. The molecule has 0 radical (unpaired) electrons. The minimum Gasteiger partial charge on any atom is -0.399 e. The van der Waals surface area contributed by atoms with Gasteiger partial charge in [0, 0.05) is 12.8 Å². The second-order valence-electron chi connectivity index (χ2n) is 4.65. The number of methoxy groups -OCH3 is 1. The zero-order chi connectivity index (χ0) is 12.6. The third-order valence-corrected chi connectivity index (χ3v) is 3.36. The topological polar surface area (TPSA) is 74.2 Å². The van der Waals surface area contributed by atoms with Gasteiger partial charge >= 0.3 is 0 Å². The van der Waals surface area contributed by atoms with E-state index in [1.807, 2.05) is 24.3 Å². The van der Waals surface area contributed by atoms with Crippen LogP contribution in [0.2, 0.25) is 0 Å². The molecule has 1 saturated carbocycles. The lowest BCUT2D eigenvalue weighted by Gasteiger charge is -2.10. The van der Waals surface area contributed by atoms with Gasteiger partial charge in [-0.05, 0) is 30.5 Å². The van der Waals surface area contributed by atoms with E-state index in [2.05, 4.69) is 10.1 Å². The maximum Gasteiger partial charge on any atom is 0.237 e. The molecule has 3 rings (SSSR count). The molecule has 5 heteroatoms. The predicted octanol–water partition coefficient (Wildman–Crippen LogP) is 1.88. The van der Waals surface area contributed by atoms with Gasteiger partial charge < -0.3 is 15.0 Å². The number of benzene rings is 1. The highest BCUT2D eigenvalue weighted by Gasteiger charge is 2.50. The highest BCUT2D eigenvalue weighted by atomic mass is 16.5. The van der Waals surface area contributed by atoms with E-state index in [0.29, 0.717) is 18.3 Å². The summed E-state index contributed by atoms with van der Waals surface area (Å²) in [5.74, 6) is 1.27. The van der Waals surface area contributed by atoms with E-state index in [1.54, 1.807) is 7.11 Å². The lowest BCUT2D eigenvalue weighted by molar-refractivity contribution is 0.174. The van der Waals surface area contributed by atoms with Crippen LogP contribution in [0.25, 0.3) is 0 Å². The van der Waals surface area contributed by atoms with Gasteiger partial charge in [0.2, 0.25) is 5.89 Å². The van der Waals surface area contributed by atoms with Gasteiger partial charge in [0.1, 0.15) is 6.61 Å². The number of nitrogens with zero attached hydrogens (tertiary/aromatic N) is 2. The molecule has 0 aliphatic heterocycles. The SMILES string of the molecule is COCc1noc(C2(c3ccc(N)cc3)CC2)n1. The fourth-order valence-corrected chi connectivity index (χ4v) is 2.19. The molecule has 1 aromatic heterocycles. The largest absolute Gasteiger partial charge is 0.399 e. The van der Waals surface area contributed by atoms with E-state index < -0.39 is 0 Å². The first-order valence-electron chi connectivity index (χ1n) is 5.93. The van der Waals surface area contributed by atoms with Crippen LogP contribution in [0.5, 0.6) is 0 Å². The van der Waals surface area contributed by atoms with Crippen molar-refractivity contribution in [2.75, 3.05) is 12.8 Å². The zero-order valence-electron chi connectivity index (χ0n) is 10.2. The highest BCUT2D eigenvalue weighted by Crippen LogP contribution is 2.52. The van der Waals surface area contributed by atoms with Crippen LogP contribution in [-0.4, -0.2) is 17.3 Å². The minimum atomic E-state index is -0.104. The molecular formula is C13H15N3O2. The molecule has 1 aliphatic carbocycles. The van der Waals surface area contributed by atoms with Gasteiger partial charge in [0.25, 0.3) is 0 Å². The fraction of sp³-hybridized carbons (Fsp3) is 0.385. The van der Waals surface area contributed by atoms with Crippen LogP contribution >= 0.6 is 0 Å². The Hall–Kier alpha value is -1.88. The molecule has 1 aliphatic rings. The first-order chi connectivity index (χ1) is 8.74. The van der Waals surface area contributed by atoms with Crippen LogP contribution < -0.4 is 5.73 Å². The van der Waals surface area contributed by atoms with Gasteiger partial charge in [-0.15, -0.1) is 0 Å². The van der Waals surface area contributed by atoms with E-state index in [-0.39, 0.29) is 5.41 Å². The summed E-state index contributed by atoms with van der Waals surface area (Å²) in [5.41, 5.74) is 7.55. The van der Waals surface area contributed by atoms with Crippen LogP contribution in [0.1, 0.15) is 30.1 Å². The van der Waals surface area contributed by atoms with Crippen molar-refractivity contribution in [3.63, 3.8) is 0 Å². The summed E-state index contributed by atoms with van der Waals surface area (Å²) in [5, 5.41) is 3.92. The quantitative estimate of drug-likeness (QED) is 0.832. The summed E-state index contributed by atoms with van der Waals surface area (Å²) >= 11 is 0. The molecule has 94 valence electrons. The van der Waals surface area contributed by atoms with Crippen molar-refractivity contribution >= 4 is 5.69 Å². The van der Waals surface area contributed by atoms with Gasteiger partial charge in [-0.3, -0.25) is 0 Å². The number of ether oxygens (including phenoxy) is 1. The average molecular weight is 245 g/mol. The second-order valence-corrected chi connectivity index (χ2v) is 4.65. The molecule has 5 nitrogen and oxygen atoms in total. The Bertz CT molecular complexity index is 544. The molecule has 2 aromatic rings. The number of anilines is 1. The van der Waals surface area contributed by atoms with Crippen molar-refractivity contribution in [1.29, 1.82) is 0 Å². The second kappa shape index (κ2) is 4.10. The number of hydrogen-bond donors (Lipinski definition) is 1. The normalized spacial score (nSPS) is 16.7. The van der Waals surface area contributed by atoms with E-state index in [1.165, 1.54) is 5.56 Å². The molecular weight excluding hydrogens is 230 g/mol. The Labute approximate surface area is 105 Å². The average Bonchev–Trinajstić information content (AvgIpc) is 3.05. The van der Waals surface area contributed by atoms with Crippen LogP contribution in [0.15, 0.2) is 28.8 Å². The predicted molar refractivity (Wildman–Crippen MR) is 65.9 cm³/mol. The maximum absolute atomic E-state index is 5.70. The van der Waals surface area contributed by atoms with Crippen molar-refractivity contribution in [2.24, 2.45) is 0 Å². The maximum atomic E-state index is 5.70. The van der Waals surface area contributed by atoms with E-state index >= 15 is 0 Å². The van der Waals surface area contributed by atoms with Crippen molar-refractivity contribution in [3.05, 3.63) is 41.5 Å². The number of nitrogen functional groups attached to an aromatic ring is 1. The molecule has 0 spiro atoms. The summed E-state index contributed by atoms with van der Waals surface area (Å²) in [6.07, 6.45) is 2.07. The third kappa shape index (κ3) is 1.76. The summed E-state index contributed by atoms with van der Waals surface area (Å²) in [6, 6.07) is 7.87. The molecule has 0 saturated heterocycles. The molecule has 0 amide bonds. The summed E-state index contributed by atoms with van der Waals surface area (Å²) in [6.45, 7) is 0.376. The third-order valence-electron chi connectivity index (χ3n) is 3.36. The Morgan fingerprint density at radius 2 is 2.06 bits per heavy atom. The minimum absolute atomic E-state index is 0.104. The Morgan fingerprint density at radius 1 is 1.33 bits per heavy atom. The molecule has 18 heavy (non-hydrogen) atoms. The fourth-order valence-electron chi connectivity index (χ4n) is 2.19. The molecule has 1 aromatic carbocycles. The molecule has 1 heterocycles. The van der Waals surface area contributed by atoms with E-state index in [0.717, 1.165) is 18.5 Å². The van der Waals surface area contributed by atoms with Crippen LogP contribution in [-0.2, 0) is 16.8 Å². The number of hydrogen-bond acceptors (Lipinski definition) is 5. The van der Waals surface area contributed by atoms with Crippen LogP contribution in [0.4, 0.5) is 5.69 Å². The van der Waals surface area contributed by atoms with Gasteiger partial charge in [0.15, 0.2) is 5.82 Å². The molecule has 2 N–H and O–H groups in total. The van der Waals surface area contributed by atoms with Gasteiger partial charge in [-0.1, -0.05) is 17.3 Å². The standard InChI is InChI=1S/C13H15N3O2/c1-17-8-11-15-12(18-16-11)13(6-7-13)9-2-4-10(14)5-3-9/h2-5H,6-8,14H2,1H3. The van der Waals surface area contributed by atoms with Gasteiger partial charge in [-0.2, -0.15) is 4.98 Å². The molecule has 1 fully saturated rings. The van der Waals surface area contributed by atoms with Gasteiger partial charge in [0.05, 0.1) is 5.41 Å². The Kier molecular flexibility index (Phi) is 2.56. The van der Waals surface area contributed by atoms with Crippen LogP contribution in [0.3, 0.4) is 0 Å². The molecule has 0 unspecified atom stereocenters. The number of nitrogens with two attached hydrogens (primary N) is 1. The highest BCUT2D eigenvalue weighted by molar-refractivity contribution is 5.45. The van der Waals surface area contributed by atoms with E-state index in [9.17, 15) is 0 Å². The van der Waals surface area contributed by atoms with Crippen molar-refractivity contribution < 1.29 is 9.26 Å².